The Kier molecular flexibility index (Phi) is 2.44. The Morgan fingerprint density at radius 2 is 1.64 bits per heavy atom. The fourth-order valence-electron chi connectivity index (χ4n) is 2.21. The summed E-state index contributed by atoms with van der Waals surface area (Å²) in [5, 5.41) is 0. The Labute approximate surface area is 68.5 Å². The third-order valence-electron chi connectivity index (χ3n) is 2.89. The van der Waals surface area contributed by atoms with E-state index in [2.05, 4.69) is 4.90 Å². The maximum absolute atomic E-state index is 5.32. The average Bonchev–Trinajstić information content (AvgIpc) is 2.58. The Bertz CT molecular complexity index is 115. The van der Waals surface area contributed by atoms with Crippen LogP contribution in [0.4, 0.5) is 0 Å². The molecule has 0 bridgehead atoms. The van der Waals surface area contributed by atoms with E-state index < -0.39 is 0 Å². The summed E-state index contributed by atoms with van der Waals surface area (Å²) < 4.78 is 5.32. The molecule has 0 spiro atoms. The van der Waals surface area contributed by atoms with E-state index in [0.29, 0.717) is 0 Å². The second-order valence-corrected chi connectivity index (χ2v) is 3.59. The van der Waals surface area contributed by atoms with Gasteiger partial charge in [0.25, 0.3) is 0 Å². The van der Waals surface area contributed by atoms with Gasteiger partial charge in [0.2, 0.25) is 0 Å². The van der Waals surface area contributed by atoms with Crippen LogP contribution in [0.3, 0.4) is 0 Å². The summed E-state index contributed by atoms with van der Waals surface area (Å²) in [4.78, 5) is 2.61. The van der Waals surface area contributed by atoms with Gasteiger partial charge < -0.3 is 4.74 Å². The Morgan fingerprint density at radius 3 is 2.27 bits per heavy atom. The molecule has 1 heterocycles. The molecule has 2 nitrogen and oxygen atoms in total. The number of rotatable bonds is 1. The first kappa shape index (κ1) is 7.56. The molecule has 2 fully saturated rings. The first-order chi connectivity index (χ1) is 5.47. The summed E-state index contributed by atoms with van der Waals surface area (Å²) in [7, 11) is 0. The molecule has 64 valence electrons. The van der Waals surface area contributed by atoms with Gasteiger partial charge >= 0.3 is 0 Å². The number of morpholine rings is 1. The average molecular weight is 155 g/mol. The van der Waals surface area contributed by atoms with Crippen molar-refractivity contribution in [3.05, 3.63) is 0 Å². The van der Waals surface area contributed by atoms with Crippen LogP contribution in [-0.4, -0.2) is 37.2 Å². The van der Waals surface area contributed by atoms with E-state index >= 15 is 0 Å². The van der Waals surface area contributed by atoms with Crippen LogP contribution < -0.4 is 0 Å². The molecule has 0 amide bonds. The summed E-state index contributed by atoms with van der Waals surface area (Å²) in [5.41, 5.74) is 0. The minimum absolute atomic E-state index is 0.902. The van der Waals surface area contributed by atoms with Crippen molar-refractivity contribution in [2.75, 3.05) is 26.3 Å². The topological polar surface area (TPSA) is 12.5 Å². The minimum atomic E-state index is 0.902. The molecule has 1 saturated carbocycles. The summed E-state index contributed by atoms with van der Waals surface area (Å²) in [6, 6.07) is 0.902. The predicted octanol–water partition coefficient (Wildman–Crippen LogP) is 1.26. The molecule has 11 heavy (non-hydrogen) atoms. The Morgan fingerprint density at radius 1 is 1.00 bits per heavy atom. The van der Waals surface area contributed by atoms with Crippen LogP contribution in [-0.2, 0) is 4.74 Å². The second-order valence-electron chi connectivity index (χ2n) is 3.59. The van der Waals surface area contributed by atoms with E-state index in [4.69, 9.17) is 4.74 Å². The predicted molar refractivity (Wildman–Crippen MR) is 44.6 cm³/mol. The van der Waals surface area contributed by atoms with Crippen molar-refractivity contribution in [2.45, 2.75) is 31.7 Å². The molecule has 2 aliphatic rings. The molecule has 1 aliphatic heterocycles. The summed E-state index contributed by atoms with van der Waals surface area (Å²) >= 11 is 0. The number of nitrogens with zero attached hydrogens (tertiary/aromatic N) is 1. The van der Waals surface area contributed by atoms with Gasteiger partial charge in [0.1, 0.15) is 0 Å². The van der Waals surface area contributed by atoms with Crippen LogP contribution in [0, 0.1) is 0 Å². The molecule has 2 rings (SSSR count). The van der Waals surface area contributed by atoms with Crippen molar-refractivity contribution < 1.29 is 4.74 Å². The van der Waals surface area contributed by atoms with Gasteiger partial charge in [-0.1, -0.05) is 12.8 Å². The number of ether oxygens (including phenoxy) is 1. The molecule has 0 aromatic carbocycles. The van der Waals surface area contributed by atoms with Gasteiger partial charge in [-0.15, -0.1) is 0 Å². The zero-order chi connectivity index (χ0) is 7.52. The lowest BCUT2D eigenvalue weighted by Gasteiger charge is -2.31. The standard InChI is InChI=1S/C9H17NO/c1-2-4-9(3-1)10-5-7-11-8-6-10/h9H,1-8H2. The van der Waals surface area contributed by atoms with Crippen LogP contribution in [0.1, 0.15) is 25.7 Å². The zero-order valence-corrected chi connectivity index (χ0v) is 7.09. The lowest BCUT2D eigenvalue weighted by atomic mass is 10.2. The van der Waals surface area contributed by atoms with Crippen LogP contribution in [0.2, 0.25) is 0 Å². The van der Waals surface area contributed by atoms with Gasteiger partial charge in [-0.2, -0.15) is 0 Å². The van der Waals surface area contributed by atoms with Gasteiger partial charge in [-0.25, -0.2) is 0 Å². The maximum Gasteiger partial charge on any atom is 0.0594 e. The van der Waals surface area contributed by atoms with Gasteiger partial charge in [0, 0.05) is 19.1 Å². The molecule has 0 N–H and O–H groups in total. The van der Waals surface area contributed by atoms with Crippen molar-refractivity contribution in [2.24, 2.45) is 0 Å². The molecule has 2 heteroatoms. The largest absolute Gasteiger partial charge is 0.379 e. The second kappa shape index (κ2) is 3.55. The lowest BCUT2D eigenvalue weighted by molar-refractivity contribution is 0.0180. The van der Waals surface area contributed by atoms with Crippen molar-refractivity contribution in [3.8, 4) is 0 Å². The molecule has 1 aliphatic carbocycles. The van der Waals surface area contributed by atoms with Crippen LogP contribution >= 0.6 is 0 Å². The van der Waals surface area contributed by atoms with E-state index in [1.807, 2.05) is 0 Å². The monoisotopic (exact) mass is 155 g/mol. The maximum atomic E-state index is 5.32. The zero-order valence-electron chi connectivity index (χ0n) is 7.09. The first-order valence-corrected chi connectivity index (χ1v) is 4.78. The smallest absolute Gasteiger partial charge is 0.0594 e. The first-order valence-electron chi connectivity index (χ1n) is 4.78. The van der Waals surface area contributed by atoms with Crippen molar-refractivity contribution in [3.63, 3.8) is 0 Å². The molecule has 0 aromatic rings. The molecular formula is C9H17NO. The van der Waals surface area contributed by atoms with Gasteiger partial charge in [-0.05, 0) is 12.8 Å². The third kappa shape index (κ3) is 1.74. The van der Waals surface area contributed by atoms with Gasteiger partial charge in [0.05, 0.1) is 13.2 Å². The van der Waals surface area contributed by atoms with E-state index in [1.165, 1.54) is 38.8 Å². The SMILES string of the molecule is C1CCC(N2CCOCC2)C1. The number of hydrogen-bond acceptors (Lipinski definition) is 2. The van der Waals surface area contributed by atoms with Crippen LogP contribution in [0.5, 0.6) is 0 Å². The molecule has 0 radical (unpaired) electrons. The van der Waals surface area contributed by atoms with Crippen molar-refractivity contribution in [1.29, 1.82) is 0 Å². The summed E-state index contributed by atoms with van der Waals surface area (Å²) in [6.07, 6.45) is 5.75. The highest BCUT2D eigenvalue weighted by Gasteiger charge is 2.23. The molecular weight excluding hydrogens is 138 g/mol. The van der Waals surface area contributed by atoms with E-state index in [9.17, 15) is 0 Å². The molecule has 1 saturated heterocycles. The molecule has 0 atom stereocenters. The number of hydrogen-bond donors (Lipinski definition) is 0. The van der Waals surface area contributed by atoms with Gasteiger partial charge in [0.15, 0.2) is 0 Å². The van der Waals surface area contributed by atoms with E-state index in [0.717, 1.165) is 19.3 Å². The van der Waals surface area contributed by atoms with E-state index in [1.54, 1.807) is 0 Å². The lowest BCUT2D eigenvalue weighted by Crippen LogP contribution is -2.42. The fourth-order valence-corrected chi connectivity index (χ4v) is 2.21. The summed E-state index contributed by atoms with van der Waals surface area (Å²) in [6.45, 7) is 4.25. The van der Waals surface area contributed by atoms with Crippen molar-refractivity contribution in [1.82, 2.24) is 4.90 Å². The minimum Gasteiger partial charge on any atom is -0.379 e. The highest BCUT2D eigenvalue weighted by Crippen LogP contribution is 2.23. The Hall–Kier alpha value is -0.0800. The fraction of sp³-hybridized carbons (Fsp3) is 1.00. The van der Waals surface area contributed by atoms with Crippen LogP contribution in [0.25, 0.3) is 0 Å². The molecule has 0 unspecified atom stereocenters. The normalized spacial score (nSPS) is 29.5. The van der Waals surface area contributed by atoms with Gasteiger partial charge in [-0.3, -0.25) is 4.90 Å². The quantitative estimate of drug-likeness (QED) is 0.565. The van der Waals surface area contributed by atoms with Crippen LogP contribution in [0.15, 0.2) is 0 Å². The highest BCUT2D eigenvalue weighted by atomic mass is 16.5. The molecule has 0 aromatic heterocycles. The third-order valence-corrected chi connectivity index (χ3v) is 2.89. The van der Waals surface area contributed by atoms with Crippen molar-refractivity contribution >= 4 is 0 Å². The van der Waals surface area contributed by atoms with E-state index in [-0.39, 0.29) is 0 Å². The summed E-state index contributed by atoms with van der Waals surface area (Å²) in [5.74, 6) is 0. The highest BCUT2D eigenvalue weighted by molar-refractivity contribution is 4.78. The Balaban J connectivity index is 1.82.